The van der Waals surface area contributed by atoms with Crippen molar-refractivity contribution < 1.29 is 14.3 Å². The van der Waals surface area contributed by atoms with Crippen LogP contribution in [0.4, 0.5) is 10.1 Å². The van der Waals surface area contributed by atoms with Gasteiger partial charge in [-0.15, -0.1) is 0 Å². The number of aryl methyl sites for hydroxylation is 1. The zero-order valence-corrected chi connectivity index (χ0v) is 13.1. The Kier molecular flexibility index (Phi) is 4.42. The zero-order valence-electron chi connectivity index (χ0n) is 13.1. The van der Waals surface area contributed by atoms with Crippen LogP contribution in [0.2, 0.25) is 0 Å². The summed E-state index contributed by atoms with van der Waals surface area (Å²) in [7, 11) is 0. The summed E-state index contributed by atoms with van der Waals surface area (Å²) in [6.45, 7) is 3.81. The van der Waals surface area contributed by atoms with Gasteiger partial charge in [0.15, 0.2) is 0 Å². The minimum Gasteiger partial charge on any atom is -0.480 e. The molecule has 1 N–H and O–H groups in total. The van der Waals surface area contributed by atoms with Crippen molar-refractivity contribution in [3.8, 4) is 0 Å². The first-order valence-electron chi connectivity index (χ1n) is 7.64. The van der Waals surface area contributed by atoms with Gasteiger partial charge in [0.25, 0.3) is 0 Å². The fourth-order valence-electron chi connectivity index (χ4n) is 2.78. The van der Waals surface area contributed by atoms with Crippen molar-refractivity contribution >= 4 is 23.2 Å². The molecule has 0 radical (unpaired) electrons. The van der Waals surface area contributed by atoms with Crippen molar-refractivity contribution in [2.75, 3.05) is 11.4 Å². The second kappa shape index (κ2) is 6.66. The van der Waals surface area contributed by atoms with E-state index in [0.717, 1.165) is 16.8 Å². The lowest BCUT2D eigenvalue weighted by atomic mass is 10.0. The molecule has 1 aliphatic heterocycles. The van der Waals surface area contributed by atoms with E-state index in [1.807, 2.05) is 24.3 Å². The molecule has 2 aromatic rings. The lowest BCUT2D eigenvalue weighted by molar-refractivity contribution is -0.135. The van der Waals surface area contributed by atoms with E-state index in [2.05, 4.69) is 11.6 Å². The van der Waals surface area contributed by atoms with Gasteiger partial charge in [-0.05, 0) is 30.2 Å². The Hall–Kier alpha value is -2.95. The van der Waals surface area contributed by atoms with Gasteiger partial charge < -0.3 is 10.0 Å². The molecule has 2 aromatic carbocycles. The molecule has 3 rings (SSSR count). The molecule has 0 spiro atoms. The third-order valence-corrected chi connectivity index (χ3v) is 3.93. The van der Waals surface area contributed by atoms with Gasteiger partial charge in [-0.3, -0.25) is 4.79 Å². The Morgan fingerprint density at radius 1 is 1.12 bits per heavy atom. The van der Waals surface area contributed by atoms with Gasteiger partial charge in [-0.2, -0.15) is 0 Å². The summed E-state index contributed by atoms with van der Waals surface area (Å²) < 4.78 is 13.0. The second-order valence-electron chi connectivity index (χ2n) is 5.60. The largest absolute Gasteiger partial charge is 0.480 e. The first kappa shape index (κ1) is 15.9. The number of nitrogens with zero attached hydrogens (tertiary/aromatic N) is 2. The predicted molar refractivity (Wildman–Crippen MR) is 92.6 cm³/mol. The van der Waals surface area contributed by atoms with E-state index in [1.165, 1.54) is 12.1 Å². The smallest absolute Gasteiger partial charge is 0.323 e. The summed E-state index contributed by atoms with van der Waals surface area (Å²) in [6, 6.07) is 13.8. The van der Waals surface area contributed by atoms with Gasteiger partial charge in [-0.1, -0.05) is 36.9 Å². The zero-order chi connectivity index (χ0) is 17.1. The van der Waals surface area contributed by atoms with Crippen LogP contribution in [-0.4, -0.2) is 23.5 Å². The first-order chi connectivity index (χ1) is 11.5. The summed E-state index contributed by atoms with van der Waals surface area (Å²) >= 11 is 0. The average molecular weight is 324 g/mol. The Bertz CT molecular complexity index is 812. The molecular formula is C19H17FN2O2. The molecule has 0 fully saturated rings. The SMILES string of the molecule is C=C1N=C(CCc2ccc(F)cc2)N(CC(=O)O)c2ccccc21. The number of aliphatic carboxylic acids is 1. The number of aliphatic imine (C=N–C) groups is 1. The highest BCUT2D eigenvalue weighted by molar-refractivity contribution is 6.08. The van der Waals surface area contributed by atoms with E-state index < -0.39 is 5.97 Å². The Labute approximate surface area is 139 Å². The minimum atomic E-state index is -0.924. The lowest BCUT2D eigenvalue weighted by Gasteiger charge is -2.31. The molecule has 4 nitrogen and oxygen atoms in total. The molecule has 0 unspecified atom stereocenters. The minimum absolute atomic E-state index is 0.160. The van der Waals surface area contributed by atoms with Gasteiger partial charge in [0.1, 0.15) is 18.2 Å². The topological polar surface area (TPSA) is 52.9 Å². The Morgan fingerprint density at radius 2 is 1.83 bits per heavy atom. The molecule has 1 heterocycles. The van der Waals surface area contributed by atoms with Crippen LogP contribution in [0.3, 0.4) is 0 Å². The summed E-state index contributed by atoms with van der Waals surface area (Å²) in [5.74, 6) is -0.541. The molecule has 0 saturated heterocycles. The van der Waals surface area contributed by atoms with E-state index in [1.54, 1.807) is 17.0 Å². The van der Waals surface area contributed by atoms with E-state index in [0.29, 0.717) is 24.4 Å². The molecule has 122 valence electrons. The van der Waals surface area contributed by atoms with Crippen LogP contribution >= 0.6 is 0 Å². The number of anilines is 1. The maximum atomic E-state index is 13.0. The highest BCUT2D eigenvalue weighted by atomic mass is 19.1. The van der Waals surface area contributed by atoms with Gasteiger partial charge >= 0.3 is 5.97 Å². The number of fused-ring (bicyclic) bond motifs is 1. The van der Waals surface area contributed by atoms with Crippen LogP contribution in [0.15, 0.2) is 60.1 Å². The summed E-state index contributed by atoms with van der Waals surface area (Å²) in [4.78, 5) is 17.5. The van der Waals surface area contributed by atoms with E-state index >= 15 is 0 Å². The highest BCUT2D eigenvalue weighted by Crippen LogP contribution is 2.32. The normalized spacial score (nSPS) is 13.5. The van der Waals surface area contributed by atoms with Crippen molar-refractivity contribution in [2.45, 2.75) is 12.8 Å². The number of halogens is 1. The monoisotopic (exact) mass is 324 g/mol. The Balaban J connectivity index is 1.86. The number of rotatable bonds is 5. The summed E-state index contributed by atoms with van der Waals surface area (Å²) in [5.41, 5.74) is 3.23. The quantitative estimate of drug-likeness (QED) is 0.912. The van der Waals surface area contributed by atoms with Crippen LogP contribution in [-0.2, 0) is 11.2 Å². The van der Waals surface area contributed by atoms with Crippen molar-refractivity contribution in [1.82, 2.24) is 0 Å². The number of para-hydroxylation sites is 1. The first-order valence-corrected chi connectivity index (χ1v) is 7.64. The standard InChI is InChI=1S/C19H17FN2O2/c1-13-16-4-2-3-5-17(16)22(12-19(23)24)18(21-13)11-8-14-6-9-15(20)10-7-14/h2-7,9-10H,1,8,11-12H2,(H,23,24). The number of carboxylic acids is 1. The number of hydrogen-bond acceptors (Lipinski definition) is 3. The fraction of sp³-hybridized carbons (Fsp3) is 0.158. The van der Waals surface area contributed by atoms with Crippen LogP contribution < -0.4 is 4.90 Å². The summed E-state index contributed by atoms with van der Waals surface area (Å²) in [6.07, 6.45) is 1.19. The van der Waals surface area contributed by atoms with Crippen molar-refractivity contribution in [1.29, 1.82) is 0 Å². The maximum absolute atomic E-state index is 13.0. The molecule has 0 aliphatic carbocycles. The fourth-order valence-corrected chi connectivity index (χ4v) is 2.78. The lowest BCUT2D eigenvalue weighted by Crippen LogP contribution is -2.38. The van der Waals surface area contributed by atoms with Gasteiger partial charge in [0, 0.05) is 12.0 Å². The van der Waals surface area contributed by atoms with E-state index in [4.69, 9.17) is 0 Å². The van der Waals surface area contributed by atoms with Crippen LogP contribution in [0, 0.1) is 5.82 Å². The predicted octanol–water partition coefficient (Wildman–Crippen LogP) is 3.73. The van der Waals surface area contributed by atoms with E-state index in [-0.39, 0.29) is 12.4 Å². The number of hydrogen-bond donors (Lipinski definition) is 1. The molecule has 0 aromatic heterocycles. The average Bonchev–Trinajstić information content (AvgIpc) is 2.57. The van der Waals surface area contributed by atoms with Gasteiger partial charge in [0.05, 0.1) is 11.4 Å². The molecule has 0 amide bonds. The molecule has 1 aliphatic rings. The second-order valence-corrected chi connectivity index (χ2v) is 5.60. The molecular weight excluding hydrogens is 307 g/mol. The Morgan fingerprint density at radius 3 is 2.54 bits per heavy atom. The van der Waals surface area contributed by atoms with Crippen molar-refractivity contribution in [3.05, 3.63) is 72.1 Å². The van der Waals surface area contributed by atoms with Crippen molar-refractivity contribution in [3.63, 3.8) is 0 Å². The van der Waals surface area contributed by atoms with Crippen molar-refractivity contribution in [2.24, 2.45) is 4.99 Å². The summed E-state index contributed by atoms with van der Waals surface area (Å²) in [5, 5.41) is 9.23. The number of carboxylic acid groups (broad SMARTS) is 1. The third kappa shape index (κ3) is 3.35. The number of amidine groups is 1. The molecule has 0 bridgehead atoms. The van der Waals surface area contributed by atoms with Gasteiger partial charge in [-0.25, -0.2) is 9.38 Å². The number of benzene rings is 2. The highest BCUT2D eigenvalue weighted by Gasteiger charge is 2.24. The van der Waals surface area contributed by atoms with Gasteiger partial charge in [0.2, 0.25) is 0 Å². The molecule has 5 heteroatoms. The maximum Gasteiger partial charge on any atom is 0.323 e. The molecule has 0 atom stereocenters. The van der Waals surface area contributed by atoms with Crippen LogP contribution in [0.25, 0.3) is 5.70 Å². The number of carbonyl (C=O) groups is 1. The van der Waals surface area contributed by atoms with E-state index in [9.17, 15) is 14.3 Å². The third-order valence-electron chi connectivity index (χ3n) is 3.93. The molecule has 0 saturated carbocycles. The molecule has 24 heavy (non-hydrogen) atoms. The van der Waals surface area contributed by atoms with Crippen LogP contribution in [0.5, 0.6) is 0 Å². The van der Waals surface area contributed by atoms with Crippen LogP contribution in [0.1, 0.15) is 17.5 Å².